The molecule has 0 saturated heterocycles. The normalized spacial score (nSPS) is 12.8. The van der Waals surface area contributed by atoms with E-state index >= 15 is 0 Å². The molecule has 174 valence electrons. The third-order valence-corrected chi connectivity index (χ3v) is 5.82. The molecule has 0 bridgehead atoms. The number of carbonyl (C=O) groups is 2. The van der Waals surface area contributed by atoms with Gasteiger partial charge < -0.3 is 14.2 Å². The number of rotatable bonds is 7. The minimum absolute atomic E-state index is 0.158. The third kappa shape index (κ3) is 4.85. The van der Waals surface area contributed by atoms with Gasteiger partial charge in [0.1, 0.15) is 5.75 Å². The van der Waals surface area contributed by atoms with E-state index in [1.165, 1.54) is 0 Å². The van der Waals surface area contributed by atoms with Gasteiger partial charge in [0, 0.05) is 10.6 Å². The first-order valence-electron chi connectivity index (χ1n) is 11.1. The second-order valence-corrected chi connectivity index (χ2v) is 8.41. The van der Waals surface area contributed by atoms with Crippen LogP contribution in [0.1, 0.15) is 31.1 Å². The van der Waals surface area contributed by atoms with Crippen LogP contribution in [0.3, 0.4) is 0 Å². The molecule has 0 fully saturated rings. The molecule has 0 spiro atoms. The molecule has 2 atom stereocenters. The summed E-state index contributed by atoms with van der Waals surface area (Å²) in [7, 11) is 0. The van der Waals surface area contributed by atoms with E-state index in [9.17, 15) is 9.59 Å². The molecule has 6 heteroatoms. The van der Waals surface area contributed by atoms with Crippen LogP contribution >= 0.6 is 11.6 Å². The number of halogens is 1. The van der Waals surface area contributed by atoms with Crippen molar-refractivity contribution in [1.82, 2.24) is 0 Å². The number of benzene rings is 4. The van der Waals surface area contributed by atoms with Crippen LogP contribution in [0.25, 0.3) is 21.5 Å². The topological polar surface area (TPSA) is 61.8 Å². The van der Waals surface area contributed by atoms with Crippen LogP contribution in [0, 0.1) is 6.92 Å². The van der Waals surface area contributed by atoms with Crippen molar-refractivity contribution < 1.29 is 23.8 Å². The van der Waals surface area contributed by atoms with Gasteiger partial charge in [-0.3, -0.25) is 0 Å². The molecule has 4 aromatic carbocycles. The Bertz CT molecular complexity index is 1310. The van der Waals surface area contributed by atoms with E-state index in [2.05, 4.69) is 0 Å². The average molecular weight is 477 g/mol. The molecule has 4 rings (SSSR count). The maximum Gasteiger partial charge on any atom is 0.352 e. The smallest absolute Gasteiger partial charge is 0.352 e. The molecule has 0 unspecified atom stereocenters. The summed E-state index contributed by atoms with van der Waals surface area (Å²) in [5.74, 6) is -0.797. The SMILES string of the molecule is CCOC(=O)[C@@H](OC(=O)[C@@H](C)Oc1ccc(Cl)cc1C)c1c2ccccc2cc2ccccc12. The molecule has 0 aromatic heterocycles. The van der Waals surface area contributed by atoms with Crippen LogP contribution in [0.4, 0.5) is 0 Å². The van der Waals surface area contributed by atoms with Crippen molar-refractivity contribution in [2.24, 2.45) is 0 Å². The molecule has 0 aliphatic carbocycles. The van der Waals surface area contributed by atoms with Gasteiger partial charge in [-0.05, 0) is 72.1 Å². The fourth-order valence-electron chi connectivity index (χ4n) is 3.97. The van der Waals surface area contributed by atoms with Gasteiger partial charge in [-0.2, -0.15) is 0 Å². The zero-order valence-electron chi connectivity index (χ0n) is 19.2. The van der Waals surface area contributed by atoms with E-state index in [4.69, 9.17) is 25.8 Å². The van der Waals surface area contributed by atoms with E-state index in [0.717, 1.165) is 27.1 Å². The Morgan fingerprint density at radius 1 is 0.882 bits per heavy atom. The Balaban J connectivity index is 1.74. The molecule has 5 nitrogen and oxygen atoms in total. The lowest BCUT2D eigenvalue weighted by molar-refractivity contribution is -0.172. The standard InChI is InChI=1S/C28H25ClO5/c1-4-32-28(31)26(34-27(30)18(3)33-24-14-13-21(29)15-17(24)2)25-22-11-7-5-9-19(22)16-20-10-6-8-12-23(20)25/h5-16,18,26H,4H2,1-3H3/t18-,26+/m1/s1. The van der Waals surface area contributed by atoms with E-state index in [-0.39, 0.29) is 6.61 Å². The molecular weight excluding hydrogens is 452 g/mol. The summed E-state index contributed by atoms with van der Waals surface area (Å²) in [5, 5.41) is 4.07. The highest BCUT2D eigenvalue weighted by molar-refractivity contribution is 6.30. The van der Waals surface area contributed by atoms with Gasteiger partial charge >= 0.3 is 11.9 Å². The molecule has 0 aliphatic rings. The molecule has 0 saturated carbocycles. The summed E-state index contributed by atoms with van der Waals surface area (Å²) in [6.07, 6.45) is -2.21. The fraction of sp³-hybridized carbons (Fsp3) is 0.214. The minimum atomic E-state index is -1.25. The number of esters is 2. The summed E-state index contributed by atoms with van der Waals surface area (Å²) < 4.78 is 16.9. The van der Waals surface area contributed by atoms with Gasteiger partial charge in [-0.15, -0.1) is 0 Å². The summed E-state index contributed by atoms with van der Waals surface area (Å²) in [5.41, 5.74) is 1.38. The Morgan fingerprint density at radius 2 is 1.50 bits per heavy atom. The molecule has 0 heterocycles. The molecule has 34 heavy (non-hydrogen) atoms. The van der Waals surface area contributed by atoms with Gasteiger partial charge in [0.15, 0.2) is 6.10 Å². The predicted octanol–water partition coefficient (Wildman–Crippen LogP) is 6.57. The fourth-order valence-corrected chi connectivity index (χ4v) is 4.20. The summed E-state index contributed by atoms with van der Waals surface area (Å²) in [4.78, 5) is 26.2. The molecule has 0 aliphatic heterocycles. The van der Waals surface area contributed by atoms with Crippen LogP contribution < -0.4 is 4.74 Å². The van der Waals surface area contributed by atoms with Crippen molar-refractivity contribution >= 4 is 45.1 Å². The lowest BCUT2D eigenvalue weighted by Gasteiger charge is -2.23. The van der Waals surface area contributed by atoms with Crippen LogP contribution in [0.15, 0.2) is 72.8 Å². The van der Waals surface area contributed by atoms with E-state index in [0.29, 0.717) is 16.3 Å². The first kappa shape index (κ1) is 23.6. The van der Waals surface area contributed by atoms with Gasteiger partial charge in [0.2, 0.25) is 6.10 Å². The molecule has 0 amide bonds. The van der Waals surface area contributed by atoms with Gasteiger partial charge in [0.05, 0.1) is 6.61 Å². The Labute approximate surface area is 203 Å². The van der Waals surface area contributed by atoms with E-state index < -0.39 is 24.1 Å². The number of aryl methyl sites for hydroxylation is 1. The van der Waals surface area contributed by atoms with Crippen LogP contribution in [0.5, 0.6) is 5.75 Å². The summed E-state index contributed by atoms with van der Waals surface area (Å²) in [6.45, 7) is 5.29. The molecule has 0 radical (unpaired) electrons. The zero-order valence-corrected chi connectivity index (χ0v) is 20.0. The second-order valence-electron chi connectivity index (χ2n) is 7.97. The second kappa shape index (κ2) is 10.1. The van der Waals surface area contributed by atoms with Crippen molar-refractivity contribution in [1.29, 1.82) is 0 Å². The van der Waals surface area contributed by atoms with Crippen molar-refractivity contribution in [2.45, 2.75) is 33.0 Å². The zero-order chi connectivity index (χ0) is 24.2. The number of ether oxygens (including phenoxy) is 3. The highest BCUT2D eigenvalue weighted by Gasteiger charge is 2.32. The maximum absolute atomic E-state index is 13.1. The quantitative estimate of drug-likeness (QED) is 0.223. The summed E-state index contributed by atoms with van der Waals surface area (Å²) >= 11 is 6.01. The van der Waals surface area contributed by atoms with Gasteiger partial charge in [0.25, 0.3) is 0 Å². The van der Waals surface area contributed by atoms with Crippen LogP contribution in [-0.4, -0.2) is 24.6 Å². The van der Waals surface area contributed by atoms with Crippen molar-refractivity contribution in [2.75, 3.05) is 6.61 Å². The van der Waals surface area contributed by atoms with E-state index in [1.54, 1.807) is 32.0 Å². The lowest BCUT2D eigenvalue weighted by Crippen LogP contribution is -2.31. The number of fused-ring (bicyclic) bond motifs is 2. The van der Waals surface area contributed by atoms with E-state index in [1.807, 2.05) is 61.5 Å². The minimum Gasteiger partial charge on any atom is -0.479 e. The third-order valence-electron chi connectivity index (χ3n) is 5.58. The van der Waals surface area contributed by atoms with Crippen molar-refractivity contribution in [3.05, 3.63) is 88.9 Å². The number of carbonyl (C=O) groups excluding carboxylic acids is 2. The monoisotopic (exact) mass is 476 g/mol. The average Bonchev–Trinajstić information content (AvgIpc) is 2.83. The highest BCUT2D eigenvalue weighted by Crippen LogP contribution is 2.35. The summed E-state index contributed by atoms with van der Waals surface area (Å²) in [6, 6.07) is 22.6. The van der Waals surface area contributed by atoms with Crippen molar-refractivity contribution in [3.8, 4) is 5.75 Å². The van der Waals surface area contributed by atoms with Crippen LogP contribution in [-0.2, 0) is 19.1 Å². The molecule has 4 aromatic rings. The van der Waals surface area contributed by atoms with Gasteiger partial charge in [-0.1, -0.05) is 60.1 Å². The largest absolute Gasteiger partial charge is 0.479 e. The van der Waals surface area contributed by atoms with Gasteiger partial charge in [-0.25, -0.2) is 9.59 Å². The maximum atomic E-state index is 13.1. The Hall–Kier alpha value is -3.57. The Kier molecular flexibility index (Phi) is 7.03. The molecular formula is C28H25ClO5. The first-order chi connectivity index (χ1) is 16.4. The lowest BCUT2D eigenvalue weighted by atomic mass is 9.93. The van der Waals surface area contributed by atoms with Crippen molar-refractivity contribution in [3.63, 3.8) is 0 Å². The Morgan fingerprint density at radius 3 is 2.09 bits per heavy atom. The number of hydrogen-bond donors (Lipinski definition) is 0. The predicted molar refractivity (Wildman–Crippen MR) is 133 cm³/mol. The highest BCUT2D eigenvalue weighted by atomic mass is 35.5. The number of hydrogen-bond acceptors (Lipinski definition) is 5. The first-order valence-corrected chi connectivity index (χ1v) is 11.5. The van der Waals surface area contributed by atoms with Crippen LogP contribution in [0.2, 0.25) is 5.02 Å². The molecule has 0 N–H and O–H groups in total.